The summed E-state index contributed by atoms with van der Waals surface area (Å²) in [7, 11) is 1.70. The smallest absolute Gasteiger partial charge is 0.119 e. The molecule has 1 aliphatic heterocycles. The number of benzene rings is 1. The standard InChI is InChI=1S/C17H29N3O/c1-5-17(3,20-10-6-7-11-20)16(19-18)15-9-8-14(21-4)12-13(15)2/h8-9,12,16,19H,5-7,10-11,18H2,1-4H3. The largest absolute Gasteiger partial charge is 0.497 e. The Morgan fingerprint density at radius 2 is 2.05 bits per heavy atom. The molecule has 0 spiro atoms. The van der Waals surface area contributed by atoms with Crippen molar-refractivity contribution in [1.82, 2.24) is 10.3 Å². The summed E-state index contributed by atoms with van der Waals surface area (Å²) >= 11 is 0. The van der Waals surface area contributed by atoms with Crippen LogP contribution in [0.25, 0.3) is 0 Å². The fourth-order valence-electron chi connectivity index (χ4n) is 3.54. The average Bonchev–Trinajstić information content (AvgIpc) is 3.04. The molecule has 3 N–H and O–H groups in total. The fraction of sp³-hybridized carbons (Fsp3) is 0.647. The van der Waals surface area contributed by atoms with Crippen molar-refractivity contribution in [2.75, 3.05) is 20.2 Å². The molecule has 2 unspecified atom stereocenters. The molecule has 1 aromatic rings. The third kappa shape index (κ3) is 3.07. The molecule has 118 valence electrons. The molecule has 0 saturated carbocycles. The van der Waals surface area contributed by atoms with Crippen LogP contribution >= 0.6 is 0 Å². The fourth-order valence-corrected chi connectivity index (χ4v) is 3.54. The highest BCUT2D eigenvalue weighted by Crippen LogP contribution is 2.37. The molecule has 0 aromatic heterocycles. The van der Waals surface area contributed by atoms with Crippen molar-refractivity contribution in [2.45, 2.75) is 51.6 Å². The number of nitrogens with one attached hydrogen (secondary N) is 1. The molecule has 1 saturated heterocycles. The van der Waals surface area contributed by atoms with Gasteiger partial charge in [0.15, 0.2) is 0 Å². The van der Waals surface area contributed by atoms with E-state index in [0.29, 0.717) is 0 Å². The van der Waals surface area contributed by atoms with E-state index < -0.39 is 0 Å². The predicted octanol–water partition coefficient (Wildman–Crippen LogP) is 2.77. The van der Waals surface area contributed by atoms with Crippen LogP contribution in [0.4, 0.5) is 0 Å². The van der Waals surface area contributed by atoms with Crippen LogP contribution in [0.5, 0.6) is 5.75 Å². The lowest BCUT2D eigenvalue weighted by molar-refractivity contribution is 0.0837. The van der Waals surface area contributed by atoms with Crippen molar-refractivity contribution in [2.24, 2.45) is 5.84 Å². The highest BCUT2D eigenvalue weighted by molar-refractivity contribution is 5.38. The number of rotatable bonds is 6. The Kier molecular flexibility index (Phi) is 5.25. The average molecular weight is 291 g/mol. The van der Waals surface area contributed by atoms with Crippen LogP contribution in [0.3, 0.4) is 0 Å². The van der Waals surface area contributed by atoms with Gasteiger partial charge in [-0.05, 0) is 69.5 Å². The third-order valence-electron chi connectivity index (χ3n) is 5.12. The minimum absolute atomic E-state index is 0.0323. The highest BCUT2D eigenvalue weighted by Gasteiger charge is 2.40. The summed E-state index contributed by atoms with van der Waals surface area (Å²) in [4.78, 5) is 2.58. The van der Waals surface area contributed by atoms with Gasteiger partial charge >= 0.3 is 0 Å². The first-order valence-corrected chi connectivity index (χ1v) is 7.92. The van der Waals surface area contributed by atoms with E-state index in [-0.39, 0.29) is 11.6 Å². The Morgan fingerprint density at radius 3 is 2.52 bits per heavy atom. The molecular weight excluding hydrogens is 262 g/mol. The number of nitrogens with zero attached hydrogens (tertiary/aromatic N) is 1. The van der Waals surface area contributed by atoms with Crippen molar-refractivity contribution in [3.63, 3.8) is 0 Å². The maximum atomic E-state index is 5.97. The molecule has 4 nitrogen and oxygen atoms in total. The van der Waals surface area contributed by atoms with Crippen molar-refractivity contribution in [3.05, 3.63) is 29.3 Å². The summed E-state index contributed by atoms with van der Waals surface area (Å²) < 4.78 is 5.31. The van der Waals surface area contributed by atoms with Gasteiger partial charge in [0, 0.05) is 5.54 Å². The minimum Gasteiger partial charge on any atom is -0.497 e. The van der Waals surface area contributed by atoms with Gasteiger partial charge < -0.3 is 4.74 Å². The first-order chi connectivity index (χ1) is 10.1. The van der Waals surface area contributed by atoms with Crippen LogP contribution in [-0.2, 0) is 0 Å². The number of nitrogens with two attached hydrogens (primary N) is 1. The molecule has 2 rings (SSSR count). The van der Waals surface area contributed by atoms with Gasteiger partial charge in [-0.1, -0.05) is 13.0 Å². The minimum atomic E-state index is 0.0323. The van der Waals surface area contributed by atoms with E-state index in [1.165, 1.54) is 24.0 Å². The normalized spacial score (nSPS) is 20.2. The highest BCUT2D eigenvalue weighted by atomic mass is 16.5. The number of likely N-dealkylation sites (tertiary alicyclic amines) is 1. The van der Waals surface area contributed by atoms with Crippen LogP contribution in [0.2, 0.25) is 0 Å². The molecular formula is C17H29N3O. The molecule has 0 radical (unpaired) electrons. The predicted molar refractivity (Wildman–Crippen MR) is 87.3 cm³/mol. The molecule has 4 heteroatoms. The van der Waals surface area contributed by atoms with E-state index in [1.807, 2.05) is 6.07 Å². The number of ether oxygens (including phenoxy) is 1. The number of hydrogen-bond donors (Lipinski definition) is 2. The summed E-state index contributed by atoms with van der Waals surface area (Å²) in [6.45, 7) is 9.03. The summed E-state index contributed by atoms with van der Waals surface area (Å²) in [6.07, 6.45) is 3.64. The maximum Gasteiger partial charge on any atom is 0.119 e. The SMILES string of the molecule is CCC(C)(C(NN)c1ccc(OC)cc1C)N1CCCC1. The van der Waals surface area contributed by atoms with Gasteiger partial charge in [0.1, 0.15) is 5.75 Å². The Hall–Kier alpha value is -1.10. The maximum absolute atomic E-state index is 5.97. The van der Waals surface area contributed by atoms with E-state index in [9.17, 15) is 0 Å². The Bertz CT molecular complexity index is 471. The first kappa shape index (κ1) is 16.3. The van der Waals surface area contributed by atoms with E-state index in [1.54, 1.807) is 7.11 Å². The van der Waals surface area contributed by atoms with E-state index in [0.717, 1.165) is 25.3 Å². The van der Waals surface area contributed by atoms with E-state index >= 15 is 0 Å². The number of hydrazine groups is 1. The van der Waals surface area contributed by atoms with Crippen LogP contribution < -0.4 is 16.0 Å². The summed E-state index contributed by atoms with van der Waals surface area (Å²) in [5.74, 6) is 6.86. The lowest BCUT2D eigenvalue weighted by atomic mass is 9.82. The second-order valence-corrected chi connectivity index (χ2v) is 6.23. The molecule has 1 aromatic carbocycles. The Morgan fingerprint density at radius 1 is 1.38 bits per heavy atom. The van der Waals surface area contributed by atoms with Gasteiger partial charge in [0.25, 0.3) is 0 Å². The summed E-state index contributed by atoms with van der Waals surface area (Å²) in [5.41, 5.74) is 5.59. The van der Waals surface area contributed by atoms with Gasteiger partial charge in [-0.2, -0.15) is 0 Å². The van der Waals surface area contributed by atoms with Crippen molar-refractivity contribution >= 4 is 0 Å². The topological polar surface area (TPSA) is 50.5 Å². The van der Waals surface area contributed by atoms with Crippen molar-refractivity contribution < 1.29 is 4.74 Å². The van der Waals surface area contributed by atoms with Gasteiger partial charge in [0.2, 0.25) is 0 Å². The monoisotopic (exact) mass is 291 g/mol. The Labute approximate surface area is 128 Å². The van der Waals surface area contributed by atoms with Crippen LogP contribution in [0.1, 0.15) is 50.3 Å². The van der Waals surface area contributed by atoms with Gasteiger partial charge in [-0.3, -0.25) is 16.2 Å². The quantitative estimate of drug-likeness (QED) is 0.625. The Balaban J connectivity index is 2.36. The van der Waals surface area contributed by atoms with E-state index in [4.69, 9.17) is 10.6 Å². The van der Waals surface area contributed by atoms with Crippen molar-refractivity contribution in [3.8, 4) is 5.75 Å². The number of aryl methyl sites for hydroxylation is 1. The molecule has 1 heterocycles. The molecule has 1 aliphatic rings. The molecule has 0 amide bonds. The first-order valence-electron chi connectivity index (χ1n) is 7.92. The van der Waals surface area contributed by atoms with Crippen LogP contribution in [0, 0.1) is 6.92 Å². The lowest BCUT2D eigenvalue weighted by Crippen LogP contribution is -2.55. The van der Waals surface area contributed by atoms with Gasteiger partial charge in [-0.15, -0.1) is 0 Å². The third-order valence-corrected chi connectivity index (χ3v) is 5.12. The summed E-state index contributed by atoms with van der Waals surface area (Å²) in [5, 5.41) is 0. The van der Waals surface area contributed by atoms with Crippen molar-refractivity contribution in [1.29, 1.82) is 0 Å². The lowest BCUT2D eigenvalue weighted by Gasteiger charge is -2.45. The molecule has 2 atom stereocenters. The van der Waals surface area contributed by atoms with E-state index in [2.05, 4.69) is 43.2 Å². The molecule has 0 bridgehead atoms. The molecule has 21 heavy (non-hydrogen) atoms. The molecule has 1 fully saturated rings. The second-order valence-electron chi connectivity index (χ2n) is 6.23. The zero-order chi connectivity index (χ0) is 15.5. The van der Waals surface area contributed by atoms with Crippen LogP contribution in [0.15, 0.2) is 18.2 Å². The summed E-state index contributed by atoms with van der Waals surface area (Å²) in [6, 6.07) is 6.36. The zero-order valence-electron chi connectivity index (χ0n) is 13.8. The second kappa shape index (κ2) is 6.77. The number of hydrogen-bond acceptors (Lipinski definition) is 4. The number of methoxy groups -OCH3 is 1. The molecule has 0 aliphatic carbocycles. The van der Waals surface area contributed by atoms with Gasteiger partial charge in [-0.25, -0.2) is 0 Å². The van der Waals surface area contributed by atoms with Crippen LogP contribution in [-0.4, -0.2) is 30.6 Å². The zero-order valence-corrected chi connectivity index (χ0v) is 13.8. The van der Waals surface area contributed by atoms with Gasteiger partial charge in [0.05, 0.1) is 13.2 Å².